The van der Waals surface area contributed by atoms with E-state index in [1.54, 1.807) is 24.3 Å². The molecule has 0 saturated carbocycles. The molecule has 2 aromatic rings. The SMILES string of the molecule is CCC(=O)c1ccc(OCC(O)CN2CCN(Cc3ccc4c(c3)OCO4)CC2)cc1. The zero-order valence-corrected chi connectivity index (χ0v) is 18.0. The molecule has 4 rings (SSSR count). The number of hydrogen-bond donors (Lipinski definition) is 1. The molecule has 1 atom stereocenters. The van der Waals surface area contributed by atoms with E-state index in [1.165, 1.54) is 5.56 Å². The fourth-order valence-corrected chi connectivity index (χ4v) is 3.91. The Morgan fingerprint density at radius 1 is 1.03 bits per heavy atom. The zero-order chi connectivity index (χ0) is 21.6. The summed E-state index contributed by atoms with van der Waals surface area (Å²) < 4.78 is 16.5. The van der Waals surface area contributed by atoms with Crippen LogP contribution in [-0.2, 0) is 6.54 Å². The van der Waals surface area contributed by atoms with E-state index in [4.69, 9.17) is 14.2 Å². The van der Waals surface area contributed by atoms with Crippen LogP contribution in [0.15, 0.2) is 42.5 Å². The van der Waals surface area contributed by atoms with Crippen molar-refractivity contribution >= 4 is 5.78 Å². The molecular weight excluding hydrogens is 396 g/mol. The van der Waals surface area contributed by atoms with Gasteiger partial charge in [0.2, 0.25) is 6.79 Å². The molecule has 2 aromatic carbocycles. The number of Topliss-reactive ketones (excluding diaryl/α,β-unsaturated/α-hetero) is 1. The molecule has 0 aromatic heterocycles. The van der Waals surface area contributed by atoms with Crippen LogP contribution in [0.2, 0.25) is 0 Å². The van der Waals surface area contributed by atoms with Gasteiger partial charge in [-0.2, -0.15) is 0 Å². The van der Waals surface area contributed by atoms with Gasteiger partial charge >= 0.3 is 0 Å². The summed E-state index contributed by atoms with van der Waals surface area (Å²) in [4.78, 5) is 16.4. The van der Waals surface area contributed by atoms with Crippen LogP contribution in [0, 0.1) is 0 Å². The monoisotopic (exact) mass is 426 g/mol. The van der Waals surface area contributed by atoms with Crippen LogP contribution in [0.3, 0.4) is 0 Å². The topological polar surface area (TPSA) is 71.5 Å². The lowest BCUT2D eigenvalue weighted by Gasteiger charge is -2.35. The summed E-state index contributed by atoms with van der Waals surface area (Å²) >= 11 is 0. The van der Waals surface area contributed by atoms with E-state index in [1.807, 2.05) is 13.0 Å². The van der Waals surface area contributed by atoms with Crippen molar-refractivity contribution in [2.45, 2.75) is 26.0 Å². The minimum Gasteiger partial charge on any atom is -0.491 e. The molecule has 1 unspecified atom stereocenters. The van der Waals surface area contributed by atoms with Crippen molar-refractivity contribution in [2.24, 2.45) is 0 Å². The number of ketones is 1. The maximum Gasteiger partial charge on any atom is 0.231 e. The molecule has 31 heavy (non-hydrogen) atoms. The molecule has 166 valence electrons. The third-order valence-electron chi connectivity index (χ3n) is 5.72. The van der Waals surface area contributed by atoms with Gasteiger partial charge in [-0.1, -0.05) is 13.0 Å². The second kappa shape index (κ2) is 10.1. The summed E-state index contributed by atoms with van der Waals surface area (Å²) in [6, 6.07) is 13.2. The highest BCUT2D eigenvalue weighted by Crippen LogP contribution is 2.32. The Labute approximate surface area is 183 Å². The molecule has 2 aliphatic heterocycles. The maximum atomic E-state index is 11.7. The first-order valence-electron chi connectivity index (χ1n) is 10.9. The number of carbonyl (C=O) groups is 1. The molecule has 0 radical (unpaired) electrons. The number of ether oxygens (including phenoxy) is 3. The van der Waals surface area contributed by atoms with E-state index in [9.17, 15) is 9.90 Å². The van der Waals surface area contributed by atoms with Crippen LogP contribution in [0.1, 0.15) is 29.3 Å². The van der Waals surface area contributed by atoms with Gasteiger partial charge in [-0.25, -0.2) is 0 Å². The average molecular weight is 427 g/mol. The molecule has 1 saturated heterocycles. The standard InChI is InChI=1S/C24H30N2O5/c1-2-22(28)19-4-6-21(7-5-19)29-16-20(27)15-26-11-9-25(10-12-26)14-18-3-8-23-24(13-18)31-17-30-23/h3-8,13,20,27H,2,9-12,14-17H2,1H3. The third-order valence-corrected chi connectivity index (χ3v) is 5.72. The number of hydrogen-bond acceptors (Lipinski definition) is 7. The highest BCUT2D eigenvalue weighted by molar-refractivity contribution is 5.95. The summed E-state index contributed by atoms with van der Waals surface area (Å²) in [5.41, 5.74) is 1.91. The first kappa shape index (κ1) is 21.6. The molecule has 2 aliphatic rings. The highest BCUT2D eigenvalue weighted by atomic mass is 16.7. The number of piperazine rings is 1. The number of carbonyl (C=O) groups excluding carboxylic acids is 1. The fourth-order valence-electron chi connectivity index (χ4n) is 3.91. The van der Waals surface area contributed by atoms with Crippen molar-refractivity contribution in [3.63, 3.8) is 0 Å². The van der Waals surface area contributed by atoms with Gasteiger partial charge in [-0.3, -0.25) is 14.6 Å². The Morgan fingerprint density at radius 2 is 1.74 bits per heavy atom. The van der Waals surface area contributed by atoms with Crippen molar-refractivity contribution < 1.29 is 24.1 Å². The quantitative estimate of drug-likeness (QED) is 0.618. The molecule has 7 heteroatoms. The lowest BCUT2D eigenvalue weighted by Crippen LogP contribution is -2.48. The molecule has 0 spiro atoms. The Balaban J connectivity index is 1.17. The van der Waals surface area contributed by atoms with Gasteiger partial charge in [-0.15, -0.1) is 0 Å². The number of β-amino-alcohol motifs (C(OH)–C–C–N with tert-alkyl or cyclic N) is 1. The van der Waals surface area contributed by atoms with Gasteiger partial charge in [0.1, 0.15) is 18.5 Å². The molecular formula is C24H30N2O5. The lowest BCUT2D eigenvalue weighted by molar-refractivity contribution is 0.0446. The Bertz CT molecular complexity index is 878. The van der Waals surface area contributed by atoms with Crippen molar-refractivity contribution in [3.8, 4) is 17.2 Å². The van der Waals surface area contributed by atoms with Gasteiger partial charge < -0.3 is 19.3 Å². The third kappa shape index (κ3) is 5.76. The lowest BCUT2D eigenvalue weighted by atomic mass is 10.1. The molecule has 1 fully saturated rings. The normalized spacial score (nSPS) is 17.5. The van der Waals surface area contributed by atoms with Gasteiger partial charge in [0.05, 0.1) is 0 Å². The Hall–Kier alpha value is -2.61. The number of aliphatic hydroxyl groups is 1. The molecule has 2 heterocycles. The molecule has 1 N–H and O–H groups in total. The first-order valence-corrected chi connectivity index (χ1v) is 10.9. The summed E-state index contributed by atoms with van der Waals surface area (Å²) in [6.07, 6.45) is -0.0690. The predicted octanol–water partition coefficient (Wildman–Crippen LogP) is 2.57. The Morgan fingerprint density at radius 3 is 2.48 bits per heavy atom. The summed E-state index contributed by atoms with van der Waals surface area (Å²) in [5, 5.41) is 10.4. The summed E-state index contributed by atoms with van der Waals surface area (Å²) in [5.74, 6) is 2.42. The van der Waals surface area contributed by atoms with Crippen molar-refractivity contribution in [1.82, 2.24) is 9.80 Å². The van der Waals surface area contributed by atoms with E-state index in [0.717, 1.165) is 44.2 Å². The minimum absolute atomic E-state index is 0.115. The summed E-state index contributed by atoms with van der Waals surface area (Å²) in [6.45, 7) is 7.58. The van der Waals surface area contributed by atoms with Crippen LogP contribution >= 0.6 is 0 Å². The van der Waals surface area contributed by atoms with Gasteiger partial charge in [-0.05, 0) is 42.0 Å². The first-order chi connectivity index (χ1) is 15.1. The van der Waals surface area contributed by atoms with E-state index in [2.05, 4.69) is 21.9 Å². The van der Waals surface area contributed by atoms with E-state index in [-0.39, 0.29) is 12.4 Å². The number of benzene rings is 2. The van der Waals surface area contributed by atoms with Gasteiger partial charge in [0.15, 0.2) is 17.3 Å². The van der Waals surface area contributed by atoms with Crippen molar-refractivity contribution in [2.75, 3.05) is 46.1 Å². The number of rotatable bonds is 9. The van der Waals surface area contributed by atoms with E-state index < -0.39 is 6.10 Å². The van der Waals surface area contributed by atoms with E-state index in [0.29, 0.717) is 31.1 Å². The van der Waals surface area contributed by atoms with Crippen molar-refractivity contribution in [3.05, 3.63) is 53.6 Å². The predicted molar refractivity (Wildman–Crippen MR) is 117 cm³/mol. The highest BCUT2D eigenvalue weighted by Gasteiger charge is 2.21. The van der Waals surface area contributed by atoms with Crippen LogP contribution in [0.4, 0.5) is 0 Å². The van der Waals surface area contributed by atoms with Crippen LogP contribution in [0.5, 0.6) is 17.2 Å². The van der Waals surface area contributed by atoms with Crippen LogP contribution in [0.25, 0.3) is 0 Å². The number of nitrogens with zero attached hydrogens (tertiary/aromatic N) is 2. The number of aliphatic hydroxyl groups excluding tert-OH is 1. The molecule has 0 bridgehead atoms. The van der Waals surface area contributed by atoms with Crippen LogP contribution in [-0.4, -0.2) is 72.9 Å². The summed E-state index contributed by atoms with van der Waals surface area (Å²) in [7, 11) is 0. The Kier molecular flexibility index (Phi) is 7.06. The fraction of sp³-hybridized carbons (Fsp3) is 0.458. The second-order valence-electron chi connectivity index (χ2n) is 8.03. The van der Waals surface area contributed by atoms with Crippen LogP contribution < -0.4 is 14.2 Å². The smallest absolute Gasteiger partial charge is 0.231 e. The zero-order valence-electron chi connectivity index (χ0n) is 18.0. The van der Waals surface area contributed by atoms with Gasteiger partial charge in [0, 0.05) is 51.3 Å². The molecule has 0 aliphatic carbocycles. The average Bonchev–Trinajstić information content (AvgIpc) is 3.27. The van der Waals surface area contributed by atoms with Crippen molar-refractivity contribution in [1.29, 1.82) is 0 Å². The minimum atomic E-state index is -0.558. The molecule has 7 nitrogen and oxygen atoms in total. The second-order valence-corrected chi connectivity index (χ2v) is 8.03. The number of fused-ring (bicyclic) bond motifs is 1. The maximum absolute atomic E-state index is 11.7. The van der Waals surface area contributed by atoms with Gasteiger partial charge in [0.25, 0.3) is 0 Å². The largest absolute Gasteiger partial charge is 0.491 e. The molecule has 0 amide bonds. The van der Waals surface area contributed by atoms with E-state index >= 15 is 0 Å².